The Balaban J connectivity index is 1.87. The van der Waals surface area contributed by atoms with E-state index in [2.05, 4.69) is 41.3 Å². The zero-order valence-electron chi connectivity index (χ0n) is 15.5. The SMILES string of the molecule is CCc1cccc(C)c1Nc1ncnc2scc(-c3cccc([N+](=O)[O-])c3)c12. The molecule has 0 saturated carbocycles. The molecule has 6 nitrogen and oxygen atoms in total. The fraction of sp³-hybridized carbons (Fsp3) is 0.143. The average Bonchev–Trinajstić information content (AvgIpc) is 3.14. The summed E-state index contributed by atoms with van der Waals surface area (Å²) in [6.07, 6.45) is 2.45. The molecule has 2 aromatic heterocycles. The second-order valence-corrected chi connectivity index (χ2v) is 7.30. The van der Waals surface area contributed by atoms with Gasteiger partial charge in [-0.15, -0.1) is 11.3 Å². The van der Waals surface area contributed by atoms with Crippen molar-refractivity contribution in [1.29, 1.82) is 0 Å². The van der Waals surface area contributed by atoms with E-state index in [1.54, 1.807) is 18.5 Å². The van der Waals surface area contributed by atoms with E-state index >= 15 is 0 Å². The maximum absolute atomic E-state index is 11.2. The summed E-state index contributed by atoms with van der Waals surface area (Å²) in [7, 11) is 0. The number of hydrogen-bond acceptors (Lipinski definition) is 6. The van der Waals surface area contributed by atoms with E-state index in [-0.39, 0.29) is 10.6 Å². The molecule has 2 aromatic carbocycles. The highest BCUT2D eigenvalue weighted by Gasteiger charge is 2.16. The molecule has 0 aliphatic heterocycles. The largest absolute Gasteiger partial charge is 0.339 e. The Morgan fingerprint density at radius 3 is 2.79 bits per heavy atom. The first-order valence-electron chi connectivity index (χ1n) is 8.91. The Labute approximate surface area is 166 Å². The molecule has 0 radical (unpaired) electrons. The zero-order chi connectivity index (χ0) is 19.7. The van der Waals surface area contributed by atoms with Gasteiger partial charge in [-0.25, -0.2) is 9.97 Å². The number of aromatic nitrogens is 2. The van der Waals surface area contributed by atoms with Crippen molar-refractivity contribution in [3.8, 4) is 11.1 Å². The maximum atomic E-state index is 11.2. The first-order chi connectivity index (χ1) is 13.6. The van der Waals surface area contributed by atoms with E-state index in [4.69, 9.17) is 0 Å². The van der Waals surface area contributed by atoms with Crippen LogP contribution in [0.2, 0.25) is 0 Å². The van der Waals surface area contributed by atoms with Crippen LogP contribution in [0.3, 0.4) is 0 Å². The van der Waals surface area contributed by atoms with Crippen molar-refractivity contribution in [3.05, 3.63) is 75.4 Å². The van der Waals surface area contributed by atoms with Crippen LogP contribution >= 0.6 is 11.3 Å². The first-order valence-corrected chi connectivity index (χ1v) is 9.79. The number of nitro groups is 1. The normalized spacial score (nSPS) is 10.9. The molecule has 0 atom stereocenters. The minimum Gasteiger partial charge on any atom is -0.339 e. The number of benzene rings is 2. The predicted molar refractivity (Wildman–Crippen MR) is 113 cm³/mol. The zero-order valence-corrected chi connectivity index (χ0v) is 16.3. The third kappa shape index (κ3) is 3.20. The van der Waals surface area contributed by atoms with Gasteiger partial charge in [-0.3, -0.25) is 10.1 Å². The molecule has 4 rings (SSSR count). The summed E-state index contributed by atoms with van der Waals surface area (Å²) in [5, 5.41) is 17.5. The fourth-order valence-electron chi connectivity index (χ4n) is 3.29. The molecule has 7 heteroatoms. The monoisotopic (exact) mass is 390 g/mol. The number of para-hydroxylation sites is 1. The van der Waals surface area contributed by atoms with Crippen LogP contribution in [-0.2, 0) is 6.42 Å². The Kier molecular flexibility index (Phi) is 4.75. The summed E-state index contributed by atoms with van der Waals surface area (Å²) < 4.78 is 0. The molecule has 0 saturated heterocycles. The van der Waals surface area contributed by atoms with Crippen molar-refractivity contribution in [1.82, 2.24) is 9.97 Å². The molecule has 2 heterocycles. The van der Waals surface area contributed by atoms with Gasteiger partial charge in [-0.05, 0) is 30.0 Å². The van der Waals surface area contributed by atoms with Gasteiger partial charge >= 0.3 is 0 Å². The van der Waals surface area contributed by atoms with Crippen LogP contribution in [0.25, 0.3) is 21.3 Å². The number of non-ortho nitro benzene ring substituents is 1. The van der Waals surface area contributed by atoms with Crippen molar-refractivity contribution in [2.75, 3.05) is 5.32 Å². The highest BCUT2D eigenvalue weighted by Crippen LogP contribution is 2.39. The predicted octanol–water partition coefficient (Wildman–Crippen LogP) is 5.88. The summed E-state index contributed by atoms with van der Waals surface area (Å²) >= 11 is 1.50. The van der Waals surface area contributed by atoms with Gasteiger partial charge in [0.2, 0.25) is 0 Å². The Hall–Kier alpha value is -3.32. The second kappa shape index (κ2) is 7.36. The van der Waals surface area contributed by atoms with Crippen molar-refractivity contribution in [3.63, 3.8) is 0 Å². The number of fused-ring (bicyclic) bond motifs is 1. The number of nitrogens with zero attached hydrogens (tertiary/aromatic N) is 3. The van der Waals surface area contributed by atoms with Gasteiger partial charge < -0.3 is 5.32 Å². The molecule has 28 heavy (non-hydrogen) atoms. The van der Waals surface area contributed by atoms with Crippen LogP contribution in [-0.4, -0.2) is 14.9 Å². The van der Waals surface area contributed by atoms with Gasteiger partial charge in [0.05, 0.1) is 10.3 Å². The van der Waals surface area contributed by atoms with Crippen LogP contribution in [0, 0.1) is 17.0 Å². The molecule has 0 unspecified atom stereocenters. The smallest absolute Gasteiger partial charge is 0.270 e. The van der Waals surface area contributed by atoms with Crippen LogP contribution in [0.4, 0.5) is 17.2 Å². The van der Waals surface area contributed by atoms with Crippen LogP contribution < -0.4 is 5.32 Å². The quantitative estimate of drug-likeness (QED) is 0.340. The molecular weight excluding hydrogens is 372 g/mol. The third-order valence-corrected chi connectivity index (χ3v) is 5.61. The summed E-state index contributed by atoms with van der Waals surface area (Å²) in [6.45, 7) is 4.18. The summed E-state index contributed by atoms with van der Waals surface area (Å²) in [5.41, 5.74) is 5.12. The maximum Gasteiger partial charge on any atom is 0.270 e. The van der Waals surface area contributed by atoms with Gasteiger partial charge in [0.1, 0.15) is 17.0 Å². The van der Waals surface area contributed by atoms with Gasteiger partial charge in [-0.1, -0.05) is 37.3 Å². The molecule has 0 aliphatic rings. The molecular formula is C21H18N4O2S. The number of anilines is 2. The van der Waals surface area contributed by atoms with Gasteiger partial charge in [0.25, 0.3) is 5.69 Å². The van der Waals surface area contributed by atoms with E-state index < -0.39 is 0 Å². The Morgan fingerprint density at radius 1 is 1.18 bits per heavy atom. The van der Waals surface area contributed by atoms with E-state index in [1.807, 2.05) is 17.5 Å². The average molecular weight is 390 g/mol. The van der Waals surface area contributed by atoms with Gasteiger partial charge in [0.15, 0.2) is 0 Å². The number of rotatable bonds is 5. The first kappa shape index (κ1) is 18.1. The van der Waals surface area contributed by atoms with Gasteiger partial charge in [-0.2, -0.15) is 0 Å². The molecule has 4 aromatic rings. The lowest BCUT2D eigenvalue weighted by Gasteiger charge is -2.14. The highest BCUT2D eigenvalue weighted by molar-refractivity contribution is 7.17. The fourth-order valence-corrected chi connectivity index (χ4v) is 4.21. The number of thiophene rings is 1. The van der Waals surface area contributed by atoms with E-state index in [0.717, 1.165) is 39.0 Å². The molecule has 0 spiro atoms. The van der Waals surface area contributed by atoms with Crippen molar-refractivity contribution in [2.24, 2.45) is 0 Å². The molecule has 0 fully saturated rings. The number of hydrogen-bond donors (Lipinski definition) is 1. The molecule has 0 aliphatic carbocycles. The standard InChI is InChI=1S/C21H18N4O2S/c1-3-14-7-4-6-13(2)19(14)24-20-18-17(11-28-21(18)23-12-22-20)15-8-5-9-16(10-15)25(26)27/h4-12H,3H2,1-2H3,(H,22,23,24). The summed E-state index contributed by atoms with van der Waals surface area (Å²) in [5.74, 6) is 0.705. The van der Waals surface area contributed by atoms with Crippen molar-refractivity contribution < 1.29 is 4.92 Å². The van der Waals surface area contributed by atoms with E-state index in [0.29, 0.717) is 5.82 Å². The summed E-state index contributed by atoms with van der Waals surface area (Å²) in [6, 6.07) is 12.9. The van der Waals surface area contributed by atoms with Crippen LogP contribution in [0.5, 0.6) is 0 Å². The minimum absolute atomic E-state index is 0.0652. The Morgan fingerprint density at radius 2 is 2.00 bits per heavy atom. The molecule has 0 amide bonds. The summed E-state index contributed by atoms with van der Waals surface area (Å²) in [4.78, 5) is 20.5. The number of nitro benzene ring substituents is 1. The third-order valence-electron chi connectivity index (χ3n) is 4.72. The molecule has 1 N–H and O–H groups in total. The molecule has 140 valence electrons. The highest BCUT2D eigenvalue weighted by atomic mass is 32.1. The van der Waals surface area contributed by atoms with Crippen molar-refractivity contribution in [2.45, 2.75) is 20.3 Å². The topological polar surface area (TPSA) is 81.0 Å². The molecule has 0 bridgehead atoms. The second-order valence-electron chi connectivity index (χ2n) is 6.45. The van der Waals surface area contributed by atoms with Crippen LogP contribution in [0.15, 0.2) is 54.2 Å². The van der Waals surface area contributed by atoms with E-state index in [9.17, 15) is 10.1 Å². The van der Waals surface area contributed by atoms with Gasteiger partial charge in [0, 0.05) is 28.8 Å². The number of aryl methyl sites for hydroxylation is 2. The van der Waals surface area contributed by atoms with Crippen molar-refractivity contribution >= 4 is 38.7 Å². The lowest BCUT2D eigenvalue weighted by molar-refractivity contribution is -0.384. The van der Waals surface area contributed by atoms with Crippen LogP contribution in [0.1, 0.15) is 18.1 Å². The lowest BCUT2D eigenvalue weighted by Crippen LogP contribution is -2.01. The Bertz CT molecular complexity index is 1190. The number of nitrogens with one attached hydrogen (secondary N) is 1. The minimum atomic E-state index is -0.380. The van der Waals surface area contributed by atoms with E-state index in [1.165, 1.54) is 23.0 Å². The lowest BCUT2D eigenvalue weighted by atomic mass is 10.0.